The maximum absolute atomic E-state index is 11.6. The van der Waals surface area contributed by atoms with Gasteiger partial charge in [0.1, 0.15) is 12.4 Å². The van der Waals surface area contributed by atoms with Crippen molar-refractivity contribution in [1.82, 2.24) is 20.2 Å². The molecule has 7 heteroatoms. The number of carbonyl (C=O) groups is 1. The molecule has 0 unspecified atom stereocenters. The summed E-state index contributed by atoms with van der Waals surface area (Å²) in [5.74, 6) is 4.84. The molecule has 1 aromatic carbocycles. The van der Waals surface area contributed by atoms with Crippen molar-refractivity contribution in [3.8, 4) is 6.07 Å². The first-order valence-corrected chi connectivity index (χ1v) is 5.13. The summed E-state index contributed by atoms with van der Waals surface area (Å²) in [6, 6.07) is 8.85. The molecule has 0 spiro atoms. The summed E-state index contributed by atoms with van der Waals surface area (Å²) in [6.45, 7) is 0.346. The SMILES string of the molecule is N#Cc1ncn(Cc2ccccc2C(=O)NN)n1. The van der Waals surface area contributed by atoms with Crippen LogP contribution in [0.25, 0.3) is 0 Å². The number of amides is 1. The molecule has 90 valence electrons. The van der Waals surface area contributed by atoms with Crippen molar-refractivity contribution in [1.29, 1.82) is 5.26 Å². The number of nitrogens with two attached hydrogens (primary N) is 1. The number of carbonyl (C=O) groups excluding carboxylic acids is 1. The van der Waals surface area contributed by atoms with Crippen LogP contribution in [0.3, 0.4) is 0 Å². The minimum Gasteiger partial charge on any atom is -0.290 e. The molecule has 1 amide bonds. The van der Waals surface area contributed by atoms with Gasteiger partial charge in [0.05, 0.1) is 6.54 Å². The maximum Gasteiger partial charge on any atom is 0.265 e. The predicted molar refractivity (Wildman–Crippen MR) is 61.9 cm³/mol. The summed E-state index contributed by atoms with van der Waals surface area (Å²) in [5, 5.41) is 12.6. The number of hydrogen-bond donors (Lipinski definition) is 2. The Bertz CT molecular complexity index is 612. The summed E-state index contributed by atoms with van der Waals surface area (Å²) in [7, 11) is 0. The van der Waals surface area contributed by atoms with E-state index in [0.717, 1.165) is 5.56 Å². The predicted octanol–water partition coefficient (Wildman–Crippen LogP) is -0.198. The minimum atomic E-state index is -0.369. The van der Waals surface area contributed by atoms with E-state index >= 15 is 0 Å². The van der Waals surface area contributed by atoms with Crippen LogP contribution in [-0.4, -0.2) is 20.7 Å². The number of nitrogen functional groups attached to an aromatic ring is 1. The molecule has 0 aliphatic heterocycles. The second kappa shape index (κ2) is 5.07. The lowest BCUT2D eigenvalue weighted by Crippen LogP contribution is -2.31. The largest absolute Gasteiger partial charge is 0.290 e. The Balaban J connectivity index is 2.29. The second-order valence-corrected chi connectivity index (χ2v) is 3.51. The molecule has 2 rings (SSSR count). The molecule has 0 atom stereocenters. The van der Waals surface area contributed by atoms with Crippen LogP contribution in [0.4, 0.5) is 0 Å². The van der Waals surface area contributed by atoms with Crippen molar-refractivity contribution in [2.45, 2.75) is 6.54 Å². The highest BCUT2D eigenvalue weighted by Gasteiger charge is 2.10. The Labute approximate surface area is 103 Å². The molecule has 0 fully saturated rings. The Hall–Kier alpha value is -2.72. The zero-order chi connectivity index (χ0) is 13.0. The number of aromatic nitrogens is 3. The number of hydrazine groups is 1. The van der Waals surface area contributed by atoms with Gasteiger partial charge in [0.15, 0.2) is 0 Å². The molecule has 0 saturated heterocycles. The van der Waals surface area contributed by atoms with Crippen molar-refractivity contribution >= 4 is 5.91 Å². The van der Waals surface area contributed by atoms with Crippen molar-refractivity contribution in [2.75, 3.05) is 0 Å². The highest BCUT2D eigenvalue weighted by atomic mass is 16.2. The summed E-state index contributed by atoms with van der Waals surface area (Å²) >= 11 is 0. The lowest BCUT2D eigenvalue weighted by atomic mass is 10.1. The van der Waals surface area contributed by atoms with E-state index in [1.807, 2.05) is 12.1 Å². The van der Waals surface area contributed by atoms with Crippen LogP contribution in [0.2, 0.25) is 0 Å². The van der Waals surface area contributed by atoms with Gasteiger partial charge in [0.25, 0.3) is 11.7 Å². The van der Waals surface area contributed by atoms with Crippen molar-refractivity contribution in [2.24, 2.45) is 5.84 Å². The second-order valence-electron chi connectivity index (χ2n) is 3.51. The fraction of sp³-hybridized carbons (Fsp3) is 0.0909. The topological polar surface area (TPSA) is 110 Å². The first-order chi connectivity index (χ1) is 8.74. The van der Waals surface area contributed by atoms with Crippen molar-refractivity contribution in [3.63, 3.8) is 0 Å². The minimum absolute atomic E-state index is 0.0933. The van der Waals surface area contributed by atoms with E-state index in [-0.39, 0.29) is 11.7 Å². The number of nitrogens with one attached hydrogen (secondary N) is 1. The van der Waals surface area contributed by atoms with Gasteiger partial charge in [-0.05, 0) is 11.6 Å². The van der Waals surface area contributed by atoms with E-state index in [1.54, 1.807) is 18.2 Å². The van der Waals surface area contributed by atoms with Crippen LogP contribution in [0.5, 0.6) is 0 Å². The highest BCUT2D eigenvalue weighted by molar-refractivity contribution is 5.95. The lowest BCUT2D eigenvalue weighted by Gasteiger charge is -2.07. The standard InChI is InChI=1S/C11H10N6O/c12-5-10-14-7-17(16-10)6-8-3-1-2-4-9(8)11(18)15-13/h1-4,7H,6,13H2,(H,15,18). The highest BCUT2D eigenvalue weighted by Crippen LogP contribution is 2.10. The summed E-state index contributed by atoms with van der Waals surface area (Å²) in [4.78, 5) is 15.3. The average Bonchev–Trinajstić information content (AvgIpc) is 2.86. The van der Waals surface area contributed by atoms with Crippen molar-refractivity contribution in [3.05, 3.63) is 47.5 Å². The molecule has 7 nitrogen and oxygen atoms in total. The Morgan fingerprint density at radius 2 is 2.28 bits per heavy atom. The van der Waals surface area contributed by atoms with Gasteiger partial charge in [0.2, 0.25) is 0 Å². The molecule has 0 radical (unpaired) electrons. The van der Waals surface area contributed by atoms with Gasteiger partial charge in [0, 0.05) is 5.56 Å². The van der Waals surface area contributed by atoms with Gasteiger partial charge in [-0.15, -0.1) is 5.10 Å². The molecular weight excluding hydrogens is 232 g/mol. The van der Waals surface area contributed by atoms with Crippen LogP contribution < -0.4 is 11.3 Å². The van der Waals surface area contributed by atoms with Gasteiger partial charge in [-0.25, -0.2) is 15.5 Å². The van der Waals surface area contributed by atoms with Gasteiger partial charge >= 0.3 is 0 Å². The Morgan fingerprint density at radius 3 is 2.94 bits per heavy atom. The molecule has 2 aromatic rings. The smallest absolute Gasteiger partial charge is 0.265 e. The van der Waals surface area contributed by atoms with Gasteiger partial charge in [-0.3, -0.25) is 10.2 Å². The fourth-order valence-electron chi connectivity index (χ4n) is 1.55. The molecular formula is C11H10N6O. The first kappa shape index (κ1) is 11.8. The van der Waals surface area contributed by atoms with E-state index in [0.29, 0.717) is 12.1 Å². The third-order valence-corrected chi connectivity index (χ3v) is 2.36. The number of rotatable bonds is 3. The molecule has 1 aromatic heterocycles. The Kier molecular flexibility index (Phi) is 3.31. The van der Waals surface area contributed by atoms with E-state index in [9.17, 15) is 4.79 Å². The van der Waals surface area contributed by atoms with Gasteiger partial charge in [-0.2, -0.15) is 5.26 Å². The van der Waals surface area contributed by atoms with Gasteiger partial charge < -0.3 is 0 Å². The third-order valence-electron chi connectivity index (χ3n) is 2.36. The molecule has 18 heavy (non-hydrogen) atoms. The zero-order valence-electron chi connectivity index (χ0n) is 9.37. The number of nitrogens with zero attached hydrogens (tertiary/aromatic N) is 4. The number of benzene rings is 1. The molecule has 1 heterocycles. The van der Waals surface area contributed by atoms with Crippen LogP contribution >= 0.6 is 0 Å². The summed E-state index contributed by atoms with van der Waals surface area (Å²) in [5.41, 5.74) is 3.30. The maximum atomic E-state index is 11.6. The normalized spacial score (nSPS) is 9.78. The number of nitriles is 1. The van der Waals surface area contributed by atoms with E-state index in [4.69, 9.17) is 11.1 Å². The molecule has 3 N–H and O–H groups in total. The third kappa shape index (κ3) is 2.34. The summed E-state index contributed by atoms with van der Waals surface area (Å²) < 4.78 is 1.49. The Morgan fingerprint density at radius 1 is 1.50 bits per heavy atom. The van der Waals surface area contributed by atoms with Crippen LogP contribution in [0, 0.1) is 11.3 Å². The molecule has 0 aliphatic rings. The zero-order valence-corrected chi connectivity index (χ0v) is 9.37. The van der Waals surface area contributed by atoms with Crippen LogP contribution in [-0.2, 0) is 6.54 Å². The lowest BCUT2D eigenvalue weighted by molar-refractivity contribution is 0.0952. The van der Waals surface area contributed by atoms with Crippen LogP contribution in [0.15, 0.2) is 30.6 Å². The molecule has 0 aliphatic carbocycles. The molecule has 0 saturated carbocycles. The average molecular weight is 242 g/mol. The van der Waals surface area contributed by atoms with E-state index in [2.05, 4.69) is 15.5 Å². The van der Waals surface area contributed by atoms with Gasteiger partial charge in [-0.1, -0.05) is 18.2 Å². The van der Waals surface area contributed by atoms with Crippen LogP contribution in [0.1, 0.15) is 21.7 Å². The monoisotopic (exact) mass is 242 g/mol. The van der Waals surface area contributed by atoms with Crippen molar-refractivity contribution < 1.29 is 4.79 Å². The van der Waals surface area contributed by atoms with E-state index in [1.165, 1.54) is 11.0 Å². The van der Waals surface area contributed by atoms with E-state index < -0.39 is 0 Å². The number of hydrogen-bond acceptors (Lipinski definition) is 5. The fourth-order valence-corrected chi connectivity index (χ4v) is 1.55. The molecule has 0 bridgehead atoms. The quantitative estimate of drug-likeness (QED) is 0.440. The first-order valence-electron chi connectivity index (χ1n) is 5.13. The summed E-state index contributed by atoms with van der Waals surface area (Å²) in [6.07, 6.45) is 1.44.